The van der Waals surface area contributed by atoms with Crippen LogP contribution >= 0.6 is 11.6 Å². The Morgan fingerprint density at radius 3 is 2.77 bits per heavy atom. The van der Waals surface area contributed by atoms with Crippen LogP contribution in [0, 0.1) is 0 Å². The van der Waals surface area contributed by atoms with Gasteiger partial charge >= 0.3 is 0 Å². The summed E-state index contributed by atoms with van der Waals surface area (Å²) in [7, 11) is 0. The summed E-state index contributed by atoms with van der Waals surface area (Å²) < 4.78 is 0. The van der Waals surface area contributed by atoms with Gasteiger partial charge in [-0.2, -0.15) is 5.10 Å². The maximum atomic E-state index is 9.53. The van der Waals surface area contributed by atoms with Crippen LogP contribution in [0.2, 0.25) is 5.02 Å². The first-order chi connectivity index (χ1) is 6.29. The number of phenolic OH excluding ortho intramolecular Hbond substituents is 1. The molecule has 0 atom stereocenters. The second kappa shape index (κ2) is 3.11. The van der Waals surface area contributed by atoms with Gasteiger partial charge in [-0.1, -0.05) is 17.7 Å². The van der Waals surface area contributed by atoms with Crippen LogP contribution in [0.15, 0.2) is 30.5 Å². The standard InChI is InChI=1S/C9H7ClN2O/c10-6-2-1-3-8(13)9(6)7-4-5-11-12-7/h1-5,13H,(H,11,12). The van der Waals surface area contributed by atoms with Gasteiger partial charge in [0.25, 0.3) is 0 Å². The number of hydrogen-bond donors (Lipinski definition) is 2. The molecule has 0 aliphatic carbocycles. The summed E-state index contributed by atoms with van der Waals surface area (Å²) in [5.41, 5.74) is 1.30. The van der Waals surface area contributed by atoms with Gasteiger partial charge < -0.3 is 5.11 Å². The molecule has 0 saturated heterocycles. The van der Waals surface area contributed by atoms with E-state index in [1.165, 1.54) is 0 Å². The Kier molecular flexibility index (Phi) is 1.94. The van der Waals surface area contributed by atoms with Crippen LogP contribution in [-0.4, -0.2) is 15.3 Å². The van der Waals surface area contributed by atoms with Crippen molar-refractivity contribution in [1.29, 1.82) is 0 Å². The summed E-state index contributed by atoms with van der Waals surface area (Å²) >= 11 is 5.91. The summed E-state index contributed by atoms with van der Waals surface area (Å²) in [4.78, 5) is 0. The van der Waals surface area contributed by atoms with Crippen LogP contribution in [0.25, 0.3) is 11.3 Å². The van der Waals surface area contributed by atoms with Crippen molar-refractivity contribution in [1.82, 2.24) is 10.2 Å². The number of nitrogens with one attached hydrogen (secondary N) is 1. The Hall–Kier alpha value is -1.48. The molecule has 2 rings (SSSR count). The monoisotopic (exact) mass is 194 g/mol. The minimum absolute atomic E-state index is 0.150. The van der Waals surface area contributed by atoms with E-state index >= 15 is 0 Å². The van der Waals surface area contributed by atoms with Crippen LogP contribution < -0.4 is 0 Å². The van der Waals surface area contributed by atoms with E-state index in [0.717, 1.165) is 0 Å². The number of nitrogens with zero attached hydrogens (tertiary/aromatic N) is 1. The second-order valence-corrected chi connectivity index (χ2v) is 3.01. The molecule has 0 radical (unpaired) electrons. The van der Waals surface area contributed by atoms with Crippen molar-refractivity contribution in [2.75, 3.05) is 0 Å². The van der Waals surface area contributed by atoms with Crippen molar-refractivity contribution in [3.63, 3.8) is 0 Å². The molecule has 1 heterocycles. The maximum Gasteiger partial charge on any atom is 0.126 e. The highest BCUT2D eigenvalue weighted by atomic mass is 35.5. The average molecular weight is 195 g/mol. The minimum atomic E-state index is 0.150. The van der Waals surface area contributed by atoms with Crippen molar-refractivity contribution < 1.29 is 5.11 Å². The van der Waals surface area contributed by atoms with Gasteiger partial charge in [-0.05, 0) is 18.2 Å². The third-order valence-corrected chi connectivity index (χ3v) is 2.08. The fourth-order valence-corrected chi connectivity index (χ4v) is 1.45. The van der Waals surface area contributed by atoms with Crippen molar-refractivity contribution in [3.05, 3.63) is 35.5 Å². The molecule has 0 aliphatic heterocycles. The molecule has 0 aliphatic rings. The van der Waals surface area contributed by atoms with Gasteiger partial charge in [0, 0.05) is 6.20 Å². The van der Waals surface area contributed by atoms with Crippen LogP contribution in [0.3, 0.4) is 0 Å². The summed E-state index contributed by atoms with van der Waals surface area (Å²) in [6.07, 6.45) is 1.61. The van der Waals surface area contributed by atoms with Crippen LogP contribution in [-0.2, 0) is 0 Å². The van der Waals surface area contributed by atoms with E-state index in [1.54, 1.807) is 30.5 Å². The fraction of sp³-hybridized carbons (Fsp3) is 0. The Balaban J connectivity index is 2.64. The molecule has 4 heteroatoms. The predicted octanol–water partition coefficient (Wildman–Crippen LogP) is 2.44. The lowest BCUT2D eigenvalue weighted by Crippen LogP contribution is -1.80. The summed E-state index contributed by atoms with van der Waals surface area (Å²) in [6, 6.07) is 6.75. The highest BCUT2D eigenvalue weighted by Crippen LogP contribution is 2.33. The molecule has 1 aromatic heterocycles. The van der Waals surface area contributed by atoms with Crippen LogP contribution in [0.4, 0.5) is 0 Å². The number of rotatable bonds is 1. The Morgan fingerprint density at radius 1 is 1.31 bits per heavy atom. The highest BCUT2D eigenvalue weighted by Gasteiger charge is 2.08. The van der Waals surface area contributed by atoms with Gasteiger partial charge in [-0.25, -0.2) is 0 Å². The molecule has 0 fully saturated rings. The largest absolute Gasteiger partial charge is 0.507 e. The van der Waals surface area contributed by atoms with Crippen LogP contribution in [0.1, 0.15) is 0 Å². The van der Waals surface area contributed by atoms with Crippen LogP contribution in [0.5, 0.6) is 5.75 Å². The van der Waals surface area contributed by atoms with Crippen molar-refractivity contribution in [2.45, 2.75) is 0 Å². The number of halogens is 1. The Bertz CT molecular complexity index is 391. The molecule has 13 heavy (non-hydrogen) atoms. The van der Waals surface area contributed by atoms with E-state index in [0.29, 0.717) is 16.3 Å². The quantitative estimate of drug-likeness (QED) is 0.733. The molecular formula is C9H7ClN2O. The highest BCUT2D eigenvalue weighted by molar-refractivity contribution is 6.33. The zero-order valence-electron chi connectivity index (χ0n) is 6.66. The van der Waals surface area contributed by atoms with Gasteiger partial charge in [0.05, 0.1) is 16.3 Å². The predicted molar refractivity (Wildman–Crippen MR) is 50.7 cm³/mol. The normalized spacial score (nSPS) is 10.2. The number of aromatic nitrogens is 2. The molecule has 2 aromatic rings. The number of benzene rings is 1. The maximum absolute atomic E-state index is 9.53. The molecule has 1 aromatic carbocycles. The van der Waals surface area contributed by atoms with Crippen molar-refractivity contribution >= 4 is 11.6 Å². The molecule has 0 unspecified atom stereocenters. The van der Waals surface area contributed by atoms with E-state index in [1.807, 2.05) is 0 Å². The fourth-order valence-electron chi connectivity index (χ4n) is 1.17. The number of aromatic amines is 1. The molecular weight excluding hydrogens is 188 g/mol. The summed E-state index contributed by atoms with van der Waals surface area (Å²) in [5, 5.41) is 16.6. The van der Waals surface area contributed by atoms with Gasteiger partial charge in [-0.3, -0.25) is 5.10 Å². The van der Waals surface area contributed by atoms with Crippen molar-refractivity contribution in [3.8, 4) is 17.0 Å². The van der Waals surface area contributed by atoms with Gasteiger partial charge in [0.15, 0.2) is 0 Å². The van der Waals surface area contributed by atoms with E-state index in [-0.39, 0.29) is 5.75 Å². The molecule has 0 bridgehead atoms. The van der Waals surface area contributed by atoms with Gasteiger partial charge in [0.1, 0.15) is 5.75 Å². The molecule has 0 amide bonds. The lowest BCUT2D eigenvalue weighted by Gasteiger charge is -2.03. The molecule has 66 valence electrons. The number of aromatic hydroxyl groups is 1. The molecule has 0 spiro atoms. The van der Waals surface area contributed by atoms with Gasteiger partial charge in [0.2, 0.25) is 0 Å². The van der Waals surface area contributed by atoms with E-state index in [9.17, 15) is 5.11 Å². The lowest BCUT2D eigenvalue weighted by atomic mass is 10.1. The lowest BCUT2D eigenvalue weighted by molar-refractivity contribution is 0.477. The smallest absolute Gasteiger partial charge is 0.126 e. The first kappa shape index (κ1) is 8.13. The number of phenols is 1. The molecule has 2 N–H and O–H groups in total. The molecule has 3 nitrogen and oxygen atoms in total. The Morgan fingerprint density at radius 2 is 2.15 bits per heavy atom. The van der Waals surface area contributed by atoms with Crippen molar-refractivity contribution in [2.24, 2.45) is 0 Å². The topological polar surface area (TPSA) is 48.9 Å². The average Bonchev–Trinajstić information content (AvgIpc) is 2.57. The van der Waals surface area contributed by atoms with E-state index < -0.39 is 0 Å². The minimum Gasteiger partial charge on any atom is -0.507 e. The van der Waals surface area contributed by atoms with Gasteiger partial charge in [-0.15, -0.1) is 0 Å². The number of hydrogen-bond acceptors (Lipinski definition) is 2. The summed E-state index contributed by atoms with van der Waals surface area (Å²) in [5.74, 6) is 0.150. The summed E-state index contributed by atoms with van der Waals surface area (Å²) in [6.45, 7) is 0. The van der Waals surface area contributed by atoms with E-state index in [4.69, 9.17) is 11.6 Å². The molecule has 0 saturated carbocycles. The number of H-pyrrole nitrogens is 1. The third kappa shape index (κ3) is 1.38. The Labute approximate surface area is 80.0 Å². The second-order valence-electron chi connectivity index (χ2n) is 2.60. The zero-order valence-corrected chi connectivity index (χ0v) is 7.42. The first-order valence-electron chi connectivity index (χ1n) is 3.76. The zero-order chi connectivity index (χ0) is 9.26. The third-order valence-electron chi connectivity index (χ3n) is 1.76. The SMILES string of the molecule is Oc1cccc(Cl)c1-c1ccn[nH]1. The first-order valence-corrected chi connectivity index (χ1v) is 4.14. The van der Waals surface area contributed by atoms with E-state index in [2.05, 4.69) is 10.2 Å².